The molecule has 3 aromatic rings. The number of anilines is 1. The number of likely N-dealkylation sites (N-methyl/N-ethyl adjacent to an activating group) is 1. The normalized spacial score (nSPS) is 11.2. The van der Waals surface area contributed by atoms with Crippen LogP contribution < -0.4 is 5.32 Å². The van der Waals surface area contributed by atoms with Gasteiger partial charge in [0.15, 0.2) is 5.69 Å². The summed E-state index contributed by atoms with van der Waals surface area (Å²) in [4.78, 5) is 29.3. The van der Waals surface area contributed by atoms with E-state index in [9.17, 15) is 14.9 Å². The molecule has 2 aromatic heterocycles. The van der Waals surface area contributed by atoms with Gasteiger partial charge in [0, 0.05) is 13.1 Å². The van der Waals surface area contributed by atoms with Crippen LogP contribution in [0.2, 0.25) is 0 Å². The van der Waals surface area contributed by atoms with Crippen molar-refractivity contribution in [1.29, 1.82) is 0 Å². The Kier molecular flexibility index (Phi) is 5.46. The number of fused-ring (bicyclic) bond motifs is 1. The van der Waals surface area contributed by atoms with Crippen molar-refractivity contribution in [2.75, 3.05) is 25.0 Å². The molecule has 2 heterocycles. The summed E-state index contributed by atoms with van der Waals surface area (Å²) in [7, 11) is 0. The van der Waals surface area contributed by atoms with Gasteiger partial charge in [-0.05, 0) is 30.1 Å². The fourth-order valence-corrected chi connectivity index (χ4v) is 2.87. The van der Waals surface area contributed by atoms with Crippen molar-refractivity contribution in [3.05, 3.63) is 46.1 Å². The molecule has 1 amide bonds. The van der Waals surface area contributed by atoms with Crippen molar-refractivity contribution in [1.82, 2.24) is 24.6 Å². The summed E-state index contributed by atoms with van der Waals surface area (Å²) in [6.45, 7) is 7.53. The van der Waals surface area contributed by atoms with Gasteiger partial charge in [-0.3, -0.25) is 10.1 Å². The summed E-state index contributed by atoms with van der Waals surface area (Å²) in [5.41, 5.74) is 1.61. The minimum absolute atomic E-state index is 0.0657. The van der Waals surface area contributed by atoms with Crippen LogP contribution in [-0.4, -0.2) is 55.1 Å². The number of hydrogen-bond donors (Lipinski definition) is 2. The van der Waals surface area contributed by atoms with Crippen LogP contribution in [0.25, 0.3) is 11.0 Å². The van der Waals surface area contributed by atoms with Gasteiger partial charge in [-0.15, -0.1) is 5.10 Å². The van der Waals surface area contributed by atoms with Crippen LogP contribution in [0, 0.1) is 10.1 Å². The lowest BCUT2D eigenvalue weighted by molar-refractivity contribution is -0.389. The number of aromatic amines is 1. The fraction of sp³-hybridized carbons (Fsp3) is 0.353. The molecule has 0 aliphatic heterocycles. The number of H-pyrrole nitrogens is 1. The van der Waals surface area contributed by atoms with Gasteiger partial charge in [-0.2, -0.15) is 0 Å². The van der Waals surface area contributed by atoms with E-state index in [1.54, 1.807) is 0 Å². The number of carbonyl (C=O) groups is 1. The van der Waals surface area contributed by atoms with E-state index in [2.05, 4.69) is 39.2 Å². The maximum atomic E-state index is 12.4. The number of nitrogens with one attached hydrogen (secondary N) is 2. The van der Waals surface area contributed by atoms with E-state index < -0.39 is 10.8 Å². The Bertz CT molecular complexity index is 959. The molecule has 0 radical (unpaired) electrons. The Morgan fingerprint density at radius 3 is 2.74 bits per heavy atom. The lowest BCUT2D eigenvalue weighted by atomic mass is 10.3. The molecule has 0 bridgehead atoms. The highest BCUT2D eigenvalue weighted by Crippen LogP contribution is 2.20. The number of aromatic nitrogens is 4. The molecule has 142 valence electrons. The Hall–Kier alpha value is -3.27. The van der Waals surface area contributed by atoms with E-state index in [4.69, 9.17) is 0 Å². The smallest absolute Gasteiger partial charge is 0.343 e. The molecule has 0 fully saturated rings. The van der Waals surface area contributed by atoms with Gasteiger partial charge >= 0.3 is 5.82 Å². The zero-order valence-electron chi connectivity index (χ0n) is 15.2. The monoisotopic (exact) mass is 371 g/mol. The van der Waals surface area contributed by atoms with Crippen molar-refractivity contribution in [2.24, 2.45) is 0 Å². The minimum Gasteiger partial charge on any atom is -0.358 e. The molecule has 0 saturated heterocycles. The molecule has 2 N–H and O–H groups in total. The maximum Gasteiger partial charge on any atom is 0.343 e. The molecule has 1 aromatic carbocycles. The third-order valence-corrected chi connectivity index (χ3v) is 4.41. The Morgan fingerprint density at radius 1 is 1.33 bits per heavy atom. The average molecular weight is 371 g/mol. The van der Waals surface area contributed by atoms with E-state index in [0.29, 0.717) is 12.5 Å². The average Bonchev–Trinajstić information content (AvgIpc) is 3.28. The number of para-hydroxylation sites is 2. The number of imidazole rings is 1. The van der Waals surface area contributed by atoms with Gasteiger partial charge in [0.2, 0.25) is 5.95 Å². The predicted molar refractivity (Wildman–Crippen MR) is 101 cm³/mol. The molecule has 0 unspecified atom stereocenters. The Labute approximate surface area is 155 Å². The minimum atomic E-state index is -0.636. The SMILES string of the molecule is CCN(CC)CCn1c(NC(=O)c2cc([N+](=O)[O-])[nH]n2)nc2ccccc21. The number of amides is 1. The van der Waals surface area contributed by atoms with Gasteiger partial charge in [0.25, 0.3) is 5.91 Å². The first kappa shape index (κ1) is 18.5. The quantitative estimate of drug-likeness (QED) is 0.463. The molecular formula is C17H21N7O3. The van der Waals surface area contributed by atoms with Crippen LogP contribution >= 0.6 is 0 Å². The van der Waals surface area contributed by atoms with Gasteiger partial charge in [-0.25, -0.2) is 4.98 Å². The number of carbonyl (C=O) groups excluding carboxylic acids is 1. The van der Waals surface area contributed by atoms with Gasteiger partial charge in [0.1, 0.15) is 0 Å². The van der Waals surface area contributed by atoms with Gasteiger partial charge < -0.3 is 19.6 Å². The first-order valence-electron chi connectivity index (χ1n) is 8.72. The largest absolute Gasteiger partial charge is 0.358 e. The third-order valence-electron chi connectivity index (χ3n) is 4.41. The topological polar surface area (TPSA) is 122 Å². The van der Waals surface area contributed by atoms with Crippen LogP contribution in [0.15, 0.2) is 30.3 Å². The van der Waals surface area contributed by atoms with E-state index in [-0.39, 0.29) is 11.5 Å². The molecule has 0 aliphatic carbocycles. The van der Waals surface area contributed by atoms with Crippen LogP contribution in [-0.2, 0) is 6.54 Å². The molecule has 3 rings (SSSR count). The van der Waals surface area contributed by atoms with E-state index >= 15 is 0 Å². The molecular weight excluding hydrogens is 350 g/mol. The van der Waals surface area contributed by atoms with Gasteiger partial charge in [0.05, 0.1) is 17.1 Å². The first-order chi connectivity index (χ1) is 13.0. The van der Waals surface area contributed by atoms with Crippen LogP contribution in [0.4, 0.5) is 11.8 Å². The molecule has 0 spiro atoms. The number of hydrogen-bond acceptors (Lipinski definition) is 6. The summed E-state index contributed by atoms with van der Waals surface area (Å²) in [5.74, 6) is -0.507. The zero-order chi connectivity index (χ0) is 19.4. The standard InChI is InChI=1S/C17H21N7O3/c1-3-22(4-2)9-10-23-14-8-6-5-7-12(14)18-17(23)19-16(25)13-11-15(21-20-13)24(26)27/h5-8,11H,3-4,9-10H2,1-2H3,(H,20,21)(H,18,19,25). The lowest BCUT2D eigenvalue weighted by Crippen LogP contribution is -2.27. The number of nitrogens with zero attached hydrogens (tertiary/aromatic N) is 5. The molecule has 10 nitrogen and oxygen atoms in total. The van der Waals surface area contributed by atoms with Gasteiger partial charge in [-0.1, -0.05) is 31.1 Å². The Morgan fingerprint density at radius 2 is 2.07 bits per heavy atom. The molecule has 27 heavy (non-hydrogen) atoms. The van der Waals surface area contributed by atoms with Crippen molar-refractivity contribution in [3.63, 3.8) is 0 Å². The van der Waals surface area contributed by atoms with Crippen LogP contribution in [0.1, 0.15) is 24.3 Å². The Balaban J connectivity index is 1.87. The number of benzene rings is 1. The van der Waals surface area contributed by atoms with Crippen molar-refractivity contribution in [2.45, 2.75) is 20.4 Å². The highest BCUT2D eigenvalue weighted by molar-refractivity contribution is 6.03. The zero-order valence-corrected chi connectivity index (χ0v) is 15.2. The third kappa shape index (κ3) is 3.95. The highest BCUT2D eigenvalue weighted by atomic mass is 16.6. The molecule has 10 heteroatoms. The van der Waals surface area contributed by atoms with E-state index in [0.717, 1.165) is 36.7 Å². The molecule has 0 aliphatic rings. The van der Waals surface area contributed by atoms with Crippen molar-refractivity contribution in [3.8, 4) is 0 Å². The van der Waals surface area contributed by atoms with E-state index in [1.807, 2.05) is 28.8 Å². The van der Waals surface area contributed by atoms with Crippen molar-refractivity contribution < 1.29 is 9.72 Å². The predicted octanol–water partition coefficient (Wildman–Crippen LogP) is 2.26. The van der Waals surface area contributed by atoms with Crippen LogP contribution in [0.3, 0.4) is 0 Å². The summed E-state index contributed by atoms with van der Waals surface area (Å²) < 4.78 is 1.94. The molecule has 0 saturated carbocycles. The molecule has 0 atom stereocenters. The van der Waals surface area contributed by atoms with Crippen molar-refractivity contribution >= 4 is 28.7 Å². The lowest BCUT2D eigenvalue weighted by Gasteiger charge is -2.19. The summed E-state index contributed by atoms with van der Waals surface area (Å²) >= 11 is 0. The highest BCUT2D eigenvalue weighted by Gasteiger charge is 2.19. The fourth-order valence-electron chi connectivity index (χ4n) is 2.87. The van der Waals surface area contributed by atoms with Crippen LogP contribution in [0.5, 0.6) is 0 Å². The maximum absolute atomic E-state index is 12.4. The summed E-state index contributed by atoms with van der Waals surface area (Å²) in [6.07, 6.45) is 0. The first-order valence-corrected chi connectivity index (χ1v) is 8.72. The second kappa shape index (κ2) is 7.96. The number of rotatable bonds is 8. The van der Waals surface area contributed by atoms with E-state index in [1.165, 1.54) is 0 Å². The summed E-state index contributed by atoms with van der Waals surface area (Å²) in [5, 5.41) is 19.4. The second-order valence-electron chi connectivity index (χ2n) is 5.95. The summed E-state index contributed by atoms with van der Waals surface area (Å²) in [6, 6.07) is 8.71. The number of nitro groups is 1. The second-order valence-corrected chi connectivity index (χ2v) is 5.95.